The van der Waals surface area contributed by atoms with Crippen LogP contribution in [0.5, 0.6) is 5.75 Å². The van der Waals surface area contributed by atoms with Crippen LogP contribution in [0.25, 0.3) is 0 Å². The maximum atomic E-state index is 5.61. The van der Waals surface area contributed by atoms with Gasteiger partial charge in [-0.3, -0.25) is 0 Å². The molecule has 1 atom stereocenters. The number of ether oxygens (including phenoxy) is 1. The smallest absolute Gasteiger partial charge is 0.119 e. The topological polar surface area (TPSA) is 21.3 Å². The second-order valence-electron chi connectivity index (χ2n) is 6.30. The summed E-state index contributed by atoms with van der Waals surface area (Å²) in [4.78, 5) is 0. The molecule has 1 aromatic rings. The number of anilines is 1. The van der Waals surface area contributed by atoms with Crippen molar-refractivity contribution in [3.05, 3.63) is 24.3 Å². The van der Waals surface area contributed by atoms with Crippen LogP contribution in [-0.2, 0) is 0 Å². The van der Waals surface area contributed by atoms with E-state index in [4.69, 9.17) is 4.74 Å². The number of nitrogens with one attached hydrogen (secondary N) is 1. The van der Waals surface area contributed by atoms with Gasteiger partial charge in [-0.05, 0) is 48.9 Å². The van der Waals surface area contributed by atoms with Gasteiger partial charge in [0.05, 0.1) is 6.61 Å². The quantitative estimate of drug-likeness (QED) is 0.817. The average molecular weight is 261 g/mol. The summed E-state index contributed by atoms with van der Waals surface area (Å²) >= 11 is 0. The lowest BCUT2D eigenvalue weighted by Crippen LogP contribution is -2.38. The molecule has 0 amide bonds. The van der Waals surface area contributed by atoms with E-state index in [2.05, 4.69) is 50.4 Å². The van der Waals surface area contributed by atoms with E-state index in [1.807, 2.05) is 0 Å². The highest BCUT2D eigenvalue weighted by Crippen LogP contribution is 2.37. The molecule has 2 rings (SSSR count). The average Bonchev–Trinajstić information content (AvgIpc) is 2.40. The Bertz CT molecular complexity index is 383. The minimum atomic E-state index is 0.398. The van der Waals surface area contributed by atoms with Crippen molar-refractivity contribution in [2.45, 2.75) is 58.9 Å². The van der Waals surface area contributed by atoms with Crippen LogP contribution in [0, 0.1) is 5.41 Å². The molecule has 1 saturated carbocycles. The van der Waals surface area contributed by atoms with Gasteiger partial charge in [0, 0.05) is 11.7 Å². The molecule has 1 fully saturated rings. The number of rotatable bonds is 5. The summed E-state index contributed by atoms with van der Waals surface area (Å²) in [7, 11) is 0. The number of hydrogen-bond donors (Lipinski definition) is 1. The second-order valence-corrected chi connectivity index (χ2v) is 6.30. The van der Waals surface area contributed by atoms with E-state index in [0.717, 1.165) is 18.8 Å². The van der Waals surface area contributed by atoms with E-state index >= 15 is 0 Å². The van der Waals surface area contributed by atoms with Gasteiger partial charge in [-0.15, -0.1) is 0 Å². The van der Waals surface area contributed by atoms with Gasteiger partial charge in [0.15, 0.2) is 0 Å². The summed E-state index contributed by atoms with van der Waals surface area (Å²) in [5.41, 5.74) is 1.61. The normalized spacial score (nSPS) is 21.9. The molecule has 106 valence electrons. The van der Waals surface area contributed by atoms with E-state index in [1.165, 1.54) is 31.4 Å². The molecule has 1 aliphatic rings. The molecule has 0 aliphatic heterocycles. The van der Waals surface area contributed by atoms with Crippen LogP contribution >= 0.6 is 0 Å². The summed E-state index contributed by atoms with van der Waals surface area (Å²) in [5, 5.41) is 3.70. The zero-order valence-corrected chi connectivity index (χ0v) is 12.5. The van der Waals surface area contributed by atoms with E-state index in [0.29, 0.717) is 11.5 Å². The molecule has 0 bridgehead atoms. The lowest BCUT2D eigenvalue weighted by atomic mass is 9.73. The Labute approximate surface area is 117 Å². The molecule has 19 heavy (non-hydrogen) atoms. The van der Waals surface area contributed by atoms with Crippen LogP contribution in [0.3, 0.4) is 0 Å². The standard InChI is InChI=1S/C17H27NO/c1-4-13-19-15-10-8-14(9-11-15)18-16-7-5-6-12-17(16,2)3/h8-11,16,18H,4-7,12-13H2,1-3H3. The Morgan fingerprint density at radius 2 is 1.95 bits per heavy atom. The van der Waals surface area contributed by atoms with Crippen LogP contribution in [0.2, 0.25) is 0 Å². The molecule has 1 aliphatic carbocycles. The SMILES string of the molecule is CCCOc1ccc(NC2CCCCC2(C)C)cc1. The summed E-state index contributed by atoms with van der Waals surface area (Å²) in [6.07, 6.45) is 6.37. The van der Waals surface area contributed by atoms with Crippen molar-refractivity contribution in [3.63, 3.8) is 0 Å². The molecule has 0 aromatic heterocycles. The molecule has 0 saturated heterocycles. The van der Waals surface area contributed by atoms with Crippen molar-refractivity contribution in [1.82, 2.24) is 0 Å². The predicted molar refractivity (Wildman–Crippen MR) is 81.9 cm³/mol. The molecule has 1 N–H and O–H groups in total. The first-order valence-corrected chi connectivity index (χ1v) is 7.61. The highest BCUT2D eigenvalue weighted by atomic mass is 16.5. The first kappa shape index (κ1) is 14.2. The Balaban J connectivity index is 1.95. The van der Waals surface area contributed by atoms with Gasteiger partial charge in [-0.1, -0.05) is 33.6 Å². The maximum absolute atomic E-state index is 5.61. The minimum Gasteiger partial charge on any atom is -0.494 e. The largest absolute Gasteiger partial charge is 0.494 e. The molecule has 0 heterocycles. The van der Waals surface area contributed by atoms with Gasteiger partial charge in [-0.25, -0.2) is 0 Å². The van der Waals surface area contributed by atoms with E-state index in [9.17, 15) is 0 Å². The Morgan fingerprint density at radius 3 is 2.58 bits per heavy atom. The minimum absolute atomic E-state index is 0.398. The maximum Gasteiger partial charge on any atom is 0.119 e. The second kappa shape index (κ2) is 6.31. The Kier molecular flexibility index (Phi) is 4.73. The first-order valence-electron chi connectivity index (χ1n) is 7.61. The first-order chi connectivity index (χ1) is 9.12. The van der Waals surface area contributed by atoms with Gasteiger partial charge in [0.2, 0.25) is 0 Å². The Hall–Kier alpha value is -1.18. The molecular formula is C17H27NO. The fraction of sp³-hybridized carbons (Fsp3) is 0.647. The monoisotopic (exact) mass is 261 g/mol. The summed E-state index contributed by atoms with van der Waals surface area (Å²) in [6.45, 7) is 7.68. The molecule has 2 heteroatoms. The van der Waals surface area contributed by atoms with Crippen molar-refractivity contribution in [2.24, 2.45) is 5.41 Å². The molecule has 2 nitrogen and oxygen atoms in total. The zero-order chi connectivity index (χ0) is 13.7. The van der Waals surface area contributed by atoms with Crippen LogP contribution in [-0.4, -0.2) is 12.6 Å². The van der Waals surface area contributed by atoms with Gasteiger partial charge < -0.3 is 10.1 Å². The molecule has 0 spiro atoms. The Morgan fingerprint density at radius 1 is 1.21 bits per heavy atom. The third-order valence-corrected chi connectivity index (χ3v) is 4.18. The van der Waals surface area contributed by atoms with Crippen LogP contribution in [0.4, 0.5) is 5.69 Å². The van der Waals surface area contributed by atoms with Gasteiger partial charge >= 0.3 is 0 Å². The van der Waals surface area contributed by atoms with E-state index in [-0.39, 0.29) is 0 Å². The zero-order valence-electron chi connectivity index (χ0n) is 12.5. The summed E-state index contributed by atoms with van der Waals surface area (Å²) < 4.78 is 5.61. The van der Waals surface area contributed by atoms with Gasteiger partial charge in [0.1, 0.15) is 5.75 Å². The third kappa shape index (κ3) is 3.89. The van der Waals surface area contributed by atoms with Gasteiger partial charge in [-0.2, -0.15) is 0 Å². The highest BCUT2D eigenvalue weighted by molar-refractivity contribution is 5.47. The molecule has 1 unspecified atom stereocenters. The third-order valence-electron chi connectivity index (χ3n) is 4.18. The van der Waals surface area contributed by atoms with Crippen molar-refractivity contribution >= 4 is 5.69 Å². The van der Waals surface area contributed by atoms with Crippen LogP contribution in [0.1, 0.15) is 52.9 Å². The lowest BCUT2D eigenvalue weighted by Gasteiger charge is -2.39. The van der Waals surface area contributed by atoms with Crippen molar-refractivity contribution < 1.29 is 4.74 Å². The van der Waals surface area contributed by atoms with Crippen molar-refractivity contribution in [3.8, 4) is 5.75 Å². The molecule has 1 aromatic carbocycles. The molecule has 0 radical (unpaired) electrons. The molecular weight excluding hydrogens is 234 g/mol. The lowest BCUT2D eigenvalue weighted by molar-refractivity contribution is 0.217. The summed E-state index contributed by atoms with van der Waals surface area (Å²) in [5.74, 6) is 0.968. The van der Waals surface area contributed by atoms with Crippen LogP contribution < -0.4 is 10.1 Å². The number of hydrogen-bond acceptors (Lipinski definition) is 2. The predicted octanol–water partition coefficient (Wildman–Crippen LogP) is 4.86. The van der Waals surface area contributed by atoms with Crippen molar-refractivity contribution in [1.29, 1.82) is 0 Å². The fourth-order valence-corrected chi connectivity index (χ4v) is 2.83. The highest BCUT2D eigenvalue weighted by Gasteiger charge is 2.31. The fourth-order valence-electron chi connectivity index (χ4n) is 2.83. The van der Waals surface area contributed by atoms with Gasteiger partial charge in [0.25, 0.3) is 0 Å². The number of benzene rings is 1. The summed E-state index contributed by atoms with van der Waals surface area (Å²) in [6, 6.07) is 8.98. The van der Waals surface area contributed by atoms with Crippen LogP contribution in [0.15, 0.2) is 24.3 Å². The van der Waals surface area contributed by atoms with E-state index in [1.54, 1.807) is 0 Å². The van der Waals surface area contributed by atoms with Crippen molar-refractivity contribution in [2.75, 3.05) is 11.9 Å². The van der Waals surface area contributed by atoms with E-state index < -0.39 is 0 Å².